The molecule has 3 heterocycles. The minimum absolute atomic E-state index is 0.0628. The van der Waals surface area contributed by atoms with Gasteiger partial charge in [0.05, 0.1) is 17.3 Å². The number of piperidine rings is 1. The molecule has 0 bridgehead atoms. The third-order valence-corrected chi connectivity index (χ3v) is 7.46. The van der Waals surface area contributed by atoms with Crippen molar-refractivity contribution in [1.29, 1.82) is 0 Å². The van der Waals surface area contributed by atoms with Crippen molar-refractivity contribution in [2.45, 2.75) is 44.8 Å². The van der Waals surface area contributed by atoms with E-state index < -0.39 is 11.9 Å². The van der Waals surface area contributed by atoms with Gasteiger partial charge in [-0.3, -0.25) is 4.68 Å². The Bertz CT molecular complexity index is 1170. The summed E-state index contributed by atoms with van der Waals surface area (Å²) in [4.78, 5) is 6.89. The molecule has 2 fully saturated rings. The van der Waals surface area contributed by atoms with E-state index in [-0.39, 0.29) is 10.8 Å². The van der Waals surface area contributed by atoms with E-state index in [4.69, 9.17) is 33.7 Å². The lowest BCUT2D eigenvalue weighted by atomic mass is 10.0. The number of rotatable bonds is 7. The van der Waals surface area contributed by atoms with E-state index in [1.54, 1.807) is 13.1 Å². The molecule has 1 aliphatic heterocycles. The Labute approximate surface area is 208 Å². The van der Waals surface area contributed by atoms with Crippen LogP contribution >= 0.6 is 23.2 Å². The van der Waals surface area contributed by atoms with E-state index in [1.165, 1.54) is 31.5 Å². The number of hydrogen-bond acceptors (Lipinski definition) is 5. The largest absolute Gasteiger partial charge is 0.482 e. The highest BCUT2D eigenvalue weighted by Gasteiger charge is 2.28. The van der Waals surface area contributed by atoms with Crippen LogP contribution in [0.2, 0.25) is 10.0 Å². The van der Waals surface area contributed by atoms with E-state index in [9.17, 15) is 4.39 Å². The smallest absolute Gasteiger partial charge is 0.166 e. The van der Waals surface area contributed by atoms with Crippen LogP contribution in [-0.2, 0) is 0 Å². The van der Waals surface area contributed by atoms with Gasteiger partial charge in [-0.1, -0.05) is 23.2 Å². The van der Waals surface area contributed by atoms with Crippen LogP contribution in [0.3, 0.4) is 0 Å². The van der Waals surface area contributed by atoms with E-state index in [0.29, 0.717) is 22.4 Å². The fourth-order valence-corrected chi connectivity index (χ4v) is 5.27. The molecule has 2 aromatic heterocycles. The van der Waals surface area contributed by atoms with Gasteiger partial charge in [0.25, 0.3) is 0 Å². The highest BCUT2D eigenvalue weighted by atomic mass is 35.5. The Hall–Kier alpha value is -2.35. The van der Waals surface area contributed by atoms with Crippen LogP contribution in [0, 0.1) is 11.7 Å². The van der Waals surface area contributed by atoms with E-state index in [0.717, 1.165) is 43.0 Å². The Kier molecular flexibility index (Phi) is 6.69. The average Bonchev–Trinajstić information content (AvgIpc) is 3.50. The van der Waals surface area contributed by atoms with Crippen molar-refractivity contribution in [2.24, 2.45) is 5.92 Å². The van der Waals surface area contributed by atoms with Crippen LogP contribution in [0.15, 0.2) is 36.8 Å². The molecule has 3 aromatic rings. The van der Waals surface area contributed by atoms with Crippen molar-refractivity contribution in [3.8, 4) is 16.9 Å². The average molecular weight is 504 g/mol. The first kappa shape index (κ1) is 23.4. The highest BCUT2D eigenvalue weighted by Crippen LogP contribution is 2.37. The fraction of sp³-hybridized carbons (Fsp3) is 0.440. The molecule has 34 heavy (non-hydrogen) atoms. The molecule has 0 radical (unpaired) electrons. The number of hydrogen-bond donors (Lipinski definition) is 1. The van der Waals surface area contributed by atoms with E-state index in [2.05, 4.69) is 25.9 Å². The van der Waals surface area contributed by atoms with Crippen molar-refractivity contribution in [3.05, 3.63) is 58.2 Å². The molecular weight excluding hydrogens is 476 g/mol. The molecule has 1 aliphatic carbocycles. The third-order valence-electron chi connectivity index (χ3n) is 6.75. The van der Waals surface area contributed by atoms with E-state index in [1.807, 2.05) is 12.3 Å². The normalized spacial score (nSPS) is 18.2. The number of anilines is 1. The number of pyridine rings is 1. The maximum atomic E-state index is 14.0. The molecule has 1 aromatic carbocycles. The SMILES string of the molecule is CC(Oc1cc(-c2cnn(C3CCN(CC4CC4)CC3)c2)cnc1N)c1c(Cl)ccc(F)c1Cl. The molecule has 0 amide bonds. The van der Waals surface area contributed by atoms with Crippen molar-refractivity contribution in [1.82, 2.24) is 19.7 Å². The molecular formula is C25H28Cl2FN5O. The molecule has 6 nitrogen and oxygen atoms in total. The quantitative estimate of drug-likeness (QED) is 0.391. The van der Waals surface area contributed by atoms with Crippen LogP contribution in [-0.4, -0.2) is 39.3 Å². The maximum Gasteiger partial charge on any atom is 0.166 e. The summed E-state index contributed by atoms with van der Waals surface area (Å²) in [5.74, 6) is 0.984. The molecule has 1 saturated heterocycles. The minimum Gasteiger partial charge on any atom is -0.482 e. The Morgan fingerprint density at radius 1 is 1.15 bits per heavy atom. The lowest BCUT2D eigenvalue weighted by Crippen LogP contribution is -2.36. The predicted molar refractivity (Wildman–Crippen MR) is 133 cm³/mol. The zero-order valence-corrected chi connectivity index (χ0v) is 20.6. The van der Waals surface area contributed by atoms with Crippen molar-refractivity contribution < 1.29 is 9.13 Å². The summed E-state index contributed by atoms with van der Waals surface area (Å²) in [6.07, 6.45) is 9.98. The van der Waals surface area contributed by atoms with Crippen LogP contribution < -0.4 is 10.5 Å². The summed E-state index contributed by atoms with van der Waals surface area (Å²) in [5.41, 5.74) is 8.22. The number of likely N-dealkylation sites (tertiary alicyclic amines) is 1. The zero-order valence-electron chi connectivity index (χ0n) is 19.1. The van der Waals surface area contributed by atoms with Gasteiger partial charge < -0.3 is 15.4 Å². The fourth-order valence-electron chi connectivity index (χ4n) is 4.59. The standard InChI is InChI=1S/C25H28Cl2FN5O/c1-15(23-20(26)4-5-21(28)24(23)27)34-22-10-17(11-30-25(22)29)18-12-31-33(14-18)19-6-8-32(9-7-19)13-16-2-3-16/h4-5,10-12,14-16,19H,2-3,6-9,13H2,1H3,(H2,29,30). The molecule has 1 saturated carbocycles. The lowest BCUT2D eigenvalue weighted by molar-refractivity contribution is 0.174. The lowest BCUT2D eigenvalue weighted by Gasteiger charge is -2.32. The second-order valence-electron chi connectivity index (χ2n) is 9.31. The molecule has 180 valence electrons. The first-order valence-corrected chi connectivity index (χ1v) is 12.5. The predicted octanol–water partition coefficient (Wildman–Crippen LogP) is 6.16. The van der Waals surface area contributed by atoms with Gasteiger partial charge in [0.2, 0.25) is 0 Å². The molecule has 9 heteroatoms. The summed E-state index contributed by atoms with van der Waals surface area (Å²) in [6.45, 7) is 5.25. The Balaban J connectivity index is 1.30. The Morgan fingerprint density at radius 2 is 1.91 bits per heavy atom. The molecule has 1 atom stereocenters. The van der Waals surface area contributed by atoms with Crippen LogP contribution in [0.4, 0.5) is 10.2 Å². The topological polar surface area (TPSA) is 69.2 Å². The number of nitrogen functional groups attached to an aromatic ring is 1. The molecule has 5 rings (SSSR count). The highest BCUT2D eigenvalue weighted by molar-refractivity contribution is 6.36. The van der Waals surface area contributed by atoms with Gasteiger partial charge in [0.1, 0.15) is 11.9 Å². The summed E-state index contributed by atoms with van der Waals surface area (Å²) in [5, 5.41) is 4.89. The monoisotopic (exact) mass is 503 g/mol. The van der Waals surface area contributed by atoms with Gasteiger partial charge in [0, 0.05) is 53.7 Å². The zero-order chi connectivity index (χ0) is 23.8. The van der Waals surface area contributed by atoms with Crippen LogP contribution in [0.5, 0.6) is 5.75 Å². The first-order chi connectivity index (χ1) is 16.4. The van der Waals surface area contributed by atoms with Gasteiger partial charge >= 0.3 is 0 Å². The first-order valence-electron chi connectivity index (χ1n) is 11.7. The second kappa shape index (κ2) is 9.72. The molecule has 1 unspecified atom stereocenters. The summed E-state index contributed by atoms with van der Waals surface area (Å²) in [7, 11) is 0. The molecule has 2 aliphatic rings. The van der Waals surface area contributed by atoms with Crippen LogP contribution in [0.25, 0.3) is 11.1 Å². The van der Waals surface area contributed by atoms with Gasteiger partial charge in [-0.25, -0.2) is 9.37 Å². The number of benzene rings is 1. The van der Waals surface area contributed by atoms with Gasteiger partial charge in [-0.15, -0.1) is 0 Å². The van der Waals surface area contributed by atoms with Gasteiger partial charge in [0.15, 0.2) is 11.6 Å². The summed E-state index contributed by atoms with van der Waals surface area (Å²) < 4.78 is 22.1. The van der Waals surface area contributed by atoms with E-state index >= 15 is 0 Å². The number of nitrogens with zero attached hydrogens (tertiary/aromatic N) is 4. The molecule has 2 N–H and O–H groups in total. The summed E-state index contributed by atoms with van der Waals surface area (Å²) in [6, 6.07) is 4.91. The van der Waals surface area contributed by atoms with Crippen molar-refractivity contribution >= 4 is 29.0 Å². The third kappa shape index (κ3) is 5.02. The van der Waals surface area contributed by atoms with Gasteiger partial charge in [-0.05, 0) is 56.7 Å². The number of aromatic nitrogens is 3. The maximum absolute atomic E-state index is 14.0. The van der Waals surface area contributed by atoms with Gasteiger partial charge in [-0.2, -0.15) is 5.10 Å². The Morgan fingerprint density at radius 3 is 2.65 bits per heavy atom. The van der Waals surface area contributed by atoms with Crippen molar-refractivity contribution in [2.75, 3.05) is 25.4 Å². The van der Waals surface area contributed by atoms with Crippen LogP contribution in [0.1, 0.15) is 50.3 Å². The minimum atomic E-state index is -0.626. The molecule has 0 spiro atoms. The van der Waals surface area contributed by atoms with Crippen molar-refractivity contribution in [3.63, 3.8) is 0 Å². The number of ether oxygens (including phenoxy) is 1. The summed E-state index contributed by atoms with van der Waals surface area (Å²) >= 11 is 12.4. The second-order valence-corrected chi connectivity index (χ2v) is 10.1. The number of nitrogens with two attached hydrogens (primary N) is 1. The number of halogens is 3.